The van der Waals surface area contributed by atoms with Gasteiger partial charge in [0.15, 0.2) is 5.82 Å². The number of nitrogens with one attached hydrogen (secondary N) is 1. The quantitative estimate of drug-likeness (QED) is 0.251. The van der Waals surface area contributed by atoms with Gasteiger partial charge in [-0.2, -0.15) is 0 Å². The average molecular weight is 460 g/mol. The Morgan fingerprint density at radius 2 is 1.58 bits per heavy atom. The summed E-state index contributed by atoms with van der Waals surface area (Å²) in [6, 6.07) is 22.9. The van der Waals surface area contributed by atoms with Crippen LogP contribution in [-0.4, -0.2) is 34.8 Å². The number of nitrogens with zero attached hydrogens (tertiary/aromatic N) is 2. The molecule has 0 aliphatic rings. The molecule has 0 unspecified atom stereocenters. The number of benzene rings is 3. The van der Waals surface area contributed by atoms with Crippen LogP contribution in [0.1, 0.15) is 13.8 Å². The van der Waals surface area contributed by atoms with E-state index in [-0.39, 0.29) is 11.7 Å². The highest BCUT2D eigenvalue weighted by molar-refractivity contribution is 8.00. The van der Waals surface area contributed by atoms with Gasteiger partial charge in [-0.1, -0.05) is 42.1 Å². The van der Waals surface area contributed by atoms with Gasteiger partial charge in [-0.25, -0.2) is 9.97 Å². The van der Waals surface area contributed by atoms with Gasteiger partial charge in [-0.05, 0) is 56.3 Å². The third kappa shape index (κ3) is 5.81. The van der Waals surface area contributed by atoms with E-state index in [1.807, 2.05) is 86.6 Å². The van der Waals surface area contributed by atoms with E-state index in [9.17, 15) is 4.79 Å². The SMILES string of the molecule is CCOc1ccc(NC(=O)CSc2nc(-c3ccccc3)nc3ccc(OCC)cc23)cc1. The van der Waals surface area contributed by atoms with Gasteiger partial charge in [-0.15, -0.1) is 0 Å². The minimum Gasteiger partial charge on any atom is -0.494 e. The van der Waals surface area contributed by atoms with Crippen LogP contribution in [0.4, 0.5) is 5.69 Å². The maximum absolute atomic E-state index is 12.6. The number of carbonyl (C=O) groups excluding carboxylic acids is 1. The van der Waals surface area contributed by atoms with Crippen LogP contribution in [0.2, 0.25) is 0 Å². The maximum Gasteiger partial charge on any atom is 0.234 e. The van der Waals surface area contributed by atoms with Crippen molar-refractivity contribution in [1.82, 2.24) is 9.97 Å². The molecular weight excluding hydrogens is 434 g/mol. The van der Waals surface area contributed by atoms with E-state index in [1.54, 1.807) is 0 Å². The van der Waals surface area contributed by atoms with E-state index in [0.29, 0.717) is 19.0 Å². The first-order chi connectivity index (χ1) is 16.2. The Hall–Kier alpha value is -3.58. The summed E-state index contributed by atoms with van der Waals surface area (Å²) in [6.07, 6.45) is 0. The second-order valence-corrected chi connectivity index (χ2v) is 8.09. The highest BCUT2D eigenvalue weighted by atomic mass is 32.2. The third-order valence-electron chi connectivity index (χ3n) is 4.76. The molecule has 1 heterocycles. The van der Waals surface area contributed by atoms with Crippen LogP contribution in [0.25, 0.3) is 22.3 Å². The molecule has 0 aliphatic carbocycles. The van der Waals surface area contributed by atoms with Gasteiger partial charge in [0.25, 0.3) is 0 Å². The van der Waals surface area contributed by atoms with Crippen molar-refractivity contribution >= 4 is 34.3 Å². The summed E-state index contributed by atoms with van der Waals surface area (Å²) in [6.45, 7) is 5.05. The fourth-order valence-electron chi connectivity index (χ4n) is 3.29. The van der Waals surface area contributed by atoms with E-state index in [0.717, 1.165) is 38.7 Å². The number of rotatable bonds is 9. The van der Waals surface area contributed by atoms with Gasteiger partial charge in [-0.3, -0.25) is 4.79 Å². The molecule has 1 N–H and O–H groups in total. The second-order valence-electron chi connectivity index (χ2n) is 7.12. The molecule has 0 saturated heterocycles. The molecule has 0 spiro atoms. The summed E-state index contributed by atoms with van der Waals surface area (Å²) in [5.74, 6) is 2.25. The molecule has 4 aromatic rings. The summed E-state index contributed by atoms with van der Waals surface area (Å²) >= 11 is 1.38. The Labute approximate surface area is 197 Å². The van der Waals surface area contributed by atoms with Gasteiger partial charge >= 0.3 is 0 Å². The van der Waals surface area contributed by atoms with Crippen molar-refractivity contribution < 1.29 is 14.3 Å². The number of anilines is 1. The van der Waals surface area contributed by atoms with Crippen molar-refractivity contribution in [3.05, 3.63) is 72.8 Å². The van der Waals surface area contributed by atoms with Gasteiger partial charge in [0, 0.05) is 16.6 Å². The molecule has 168 valence electrons. The zero-order valence-corrected chi connectivity index (χ0v) is 19.4. The van der Waals surface area contributed by atoms with Crippen molar-refractivity contribution in [3.8, 4) is 22.9 Å². The average Bonchev–Trinajstić information content (AvgIpc) is 2.84. The molecule has 0 bridgehead atoms. The van der Waals surface area contributed by atoms with Crippen molar-refractivity contribution in [2.24, 2.45) is 0 Å². The molecule has 7 heteroatoms. The van der Waals surface area contributed by atoms with Crippen LogP contribution in [0, 0.1) is 0 Å². The Bertz CT molecular complexity index is 1230. The van der Waals surface area contributed by atoms with Crippen LogP contribution in [-0.2, 0) is 4.79 Å². The Balaban J connectivity index is 1.56. The van der Waals surface area contributed by atoms with E-state index < -0.39 is 0 Å². The van der Waals surface area contributed by atoms with E-state index in [1.165, 1.54) is 11.8 Å². The molecule has 33 heavy (non-hydrogen) atoms. The summed E-state index contributed by atoms with van der Waals surface area (Å²) in [5, 5.41) is 4.52. The summed E-state index contributed by atoms with van der Waals surface area (Å²) in [4.78, 5) is 22.1. The monoisotopic (exact) mass is 459 g/mol. The van der Waals surface area contributed by atoms with Crippen molar-refractivity contribution in [2.75, 3.05) is 24.3 Å². The smallest absolute Gasteiger partial charge is 0.234 e. The molecule has 1 amide bonds. The Kier molecular flexibility index (Phi) is 7.42. The molecule has 0 fully saturated rings. The Morgan fingerprint density at radius 3 is 2.30 bits per heavy atom. The first-order valence-corrected chi connectivity index (χ1v) is 11.8. The summed E-state index contributed by atoms with van der Waals surface area (Å²) < 4.78 is 11.1. The molecule has 0 saturated carbocycles. The highest BCUT2D eigenvalue weighted by Gasteiger charge is 2.13. The number of ether oxygens (including phenoxy) is 2. The lowest BCUT2D eigenvalue weighted by Crippen LogP contribution is -2.14. The molecule has 3 aromatic carbocycles. The third-order valence-corrected chi connectivity index (χ3v) is 5.76. The number of amides is 1. The zero-order chi connectivity index (χ0) is 23.0. The van der Waals surface area contributed by atoms with Crippen LogP contribution in [0.3, 0.4) is 0 Å². The number of hydrogen-bond donors (Lipinski definition) is 1. The van der Waals surface area contributed by atoms with Gasteiger partial charge in [0.05, 0.1) is 24.5 Å². The fraction of sp³-hybridized carbons (Fsp3) is 0.192. The largest absolute Gasteiger partial charge is 0.494 e. The minimum absolute atomic E-state index is 0.113. The molecule has 4 rings (SSSR count). The molecule has 1 aromatic heterocycles. The summed E-state index contributed by atoms with van der Waals surface area (Å²) in [7, 11) is 0. The topological polar surface area (TPSA) is 73.3 Å². The second kappa shape index (κ2) is 10.8. The van der Waals surface area contributed by atoms with Gasteiger partial charge in [0.2, 0.25) is 5.91 Å². The number of carbonyl (C=O) groups is 1. The number of aromatic nitrogens is 2. The lowest BCUT2D eigenvalue weighted by molar-refractivity contribution is -0.113. The van der Waals surface area contributed by atoms with Gasteiger partial charge in [0.1, 0.15) is 16.5 Å². The maximum atomic E-state index is 12.6. The van der Waals surface area contributed by atoms with E-state index in [4.69, 9.17) is 19.4 Å². The number of hydrogen-bond acceptors (Lipinski definition) is 6. The first-order valence-electron chi connectivity index (χ1n) is 10.8. The van der Waals surface area contributed by atoms with Crippen molar-refractivity contribution in [3.63, 3.8) is 0 Å². The predicted octanol–water partition coefficient (Wildman–Crippen LogP) is 5.83. The molecule has 0 atom stereocenters. The number of fused-ring (bicyclic) bond motifs is 1. The summed E-state index contributed by atoms with van der Waals surface area (Å²) in [5.41, 5.74) is 2.45. The number of thioether (sulfide) groups is 1. The lowest BCUT2D eigenvalue weighted by Gasteiger charge is -2.11. The van der Waals surface area contributed by atoms with Crippen LogP contribution >= 0.6 is 11.8 Å². The Morgan fingerprint density at radius 1 is 0.879 bits per heavy atom. The standard InChI is InChI=1S/C26H25N3O3S/c1-3-31-20-12-10-19(11-13-20)27-24(30)17-33-26-22-16-21(32-4-2)14-15-23(22)28-25(29-26)18-8-6-5-7-9-18/h5-16H,3-4,17H2,1-2H3,(H,27,30). The minimum atomic E-state index is -0.113. The highest BCUT2D eigenvalue weighted by Crippen LogP contribution is 2.31. The first kappa shape index (κ1) is 22.6. The van der Waals surface area contributed by atoms with Crippen molar-refractivity contribution in [2.45, 2.75) is 18.9 Å². The lowest BCUT2D eigenvalue weighted by atomic mass is 10.2. The molecular formula is C26H25N3O3S. The molecule has 0 radical (unpaired) electrons. The van der Waals surface area contributed by atoms with E-state index >= 15 is 0 Å². The van der Waals surface area contributed by atoms with Crippen LogP contribution in [0.5, 0.6) is 11.5 Å². The van der Waals surface area contributed by atoms with Crippen LogP contribution < -0.4 is 14.8 Å². The fourth-order valence-corrected chi connectivity index (χ4v) is 4.10. The predicted molar refractivity (Wildman–Crippen MR) is 133 cm³/mol. The normalized spacial score (nSPS) is 10.7. The van der Waals surface area contributed by atoms with E-state index in [2.05, 4.69) is 5.32 Å². The molecule has 0 aliphatic heterocycles. The van der Waals surface area contributed by atoms with Crippen LogP contribution in [0.15, 0.2) is 77.8 Å². The molecule has 6 nitrogen and oxygen atoms in total. The van der Waals surface area contributed by atoms with Gasteiger partial charge < -0.3 is 14.8 Å². The zero-order valence-electron chi connectivity index (χ0n) is 18.6. The van der Waals surface area contributed by atoms with Crippen molar-refractivity contribution in [1.29, 1.82) is 0 Å².